The van der Waals surface area contributed by atoms with E-state index in [9.17, 15) is 8.78 Å². The molecule has 3 heteroatoms. The van der Waals surface area contributed by atoms with Crippen LogP contribution in [0, 0.1) is 17.0 Å². The molecule has 1 rings (SSSR count). The van der Waals surface area contributed by atoms with Gasteiger partial charge in [0, 0.05) is 6.54 Å². The van der Waals surface area contributed by atoms with Crippen LogP contribution < -0.4 is 5.32 Å². The van der Waals surface area contributed by atoms with E-state index in [1.54, 1.807) is 0 Å². The lowest BCUT2D eigenvalue weighted by Gasteiger charge is -2.30. The molecule has 0 saturated heterocycles. The highest BCUT2D eigenvalue weighted by atomic mass is 19.1. The van der Waals surface area contributed by atoms with Crippen molar-refractivity contribution in [2.24, 2.45) is 5.41 Å². The molecule has 1 unspecified atom stereocenters. The minimum absolute atomic E-state index is 0.0284. The van der Waals surface area contributed by atoms with Gasteiger partial charge in [-0.2, -0.15) is 0 Å². The summed E-state index contributed by atoms with van der Waals surface area (Å²) >= 11 is 0. The summed E-state index contributed by atoms with van der Waals surface area (Å²) in [6.07, 6.45) is 2.60. The minimum atomic E-state index is -0.367. The molecule has 1 N–H and O–H groups in total. The molecule has 0 bridgehead atoms. The van der Waals surface area contributed by atoms with Crippen molar-refractivity contribution in [3.05, 3.63) is 35.4 Å². The Morgan fingerprint density at radius 2 is 1.94 bits per heavy atom. The molecular formula is C15H23F2N. The summed E-state index contributed by atoms with van der Waals surface area (Å²) in [7, 11) is 0. The summed E-state index contributed by atoms with van der Waals surface area (Å²) in [6, 6.07) is 3.69. The fraction of sp³-hybridized carbons (Fsp3) is 0.600. The zero-order valence-electron chi connectivity index (χ0n) is 11.5. The van der Waals surface area contributed by atoms with Gasteiger partial charge in [0.05, 0.1) is 0 Å². The highest BCUT2D eigenvalue weighted by Crippen LogP contribution is 2.29. The van der Waals surface area contributed by atoms with Crippen LogP contribution in [0.4, 0.5) is 8.78 Å². The molecule has 0 spiro atoms. The van der Waals surface area contributed by atoms with Gasteiger partial charge in [0.15, 0.2) is 0 Å². The van der Waals surface area contributed by atoms with E-state index in [4.69, 9.17) is 0 Å². The van der Waals surface area contributed by atoms with Crippen molar-refractivity contribution in [3.63, 3.8) is 0 Å². The van der Waals surface area contributed by atoms with Crippen LogP contribution in [0.1, 0.15) is 39.2 Å². The van der Waals surface area contributed by atoms with Crippen LogP contribution in [0.25, 0.3) is 0 Å². The molecule has 18 heavy (non-hydrogen) atoms. The second-order valence-corrected chi connectivity index (χ2v) is 5.25. The highest BCUT2D eigenvalue weighted by Gasteiger charge is 2.24. The van der Waals surface area contributed by atoms with E-state index in [1.165, 1.54) is 18.2 Å². The Morgan fingerprint density at radius 1 is 1.22 bits per heavy atom. The summed E-state index contributed by atoms with van der Waals surface area (Å²) in [4.78, 5) is 0. The van der Waals surface area contributed by atoms with Crippen molar-refractivity contribution in [1.82, 2.24) is 5.32 Å². The molecule has 0 radical (unpaired) electrons. The van der Waals surface area contributed by atoms with E-state index in [-0.39, 0.29) is 17.0 Å². The Labute approximate surface area is 109 Å². The zero-order chi connectivity index (χ0) is 13.6. The summed E-state index contributed by atoms with van der Waals surface area (Å²) in [5.41, 5.74) is 0.447. The van der Waals surface area contributed by atoms with Crippen LogP contribution in [0.15, 0.2) is 18.2 Å². The Balaban J connectivity index is 2.84. The molecule has 0 aliphatic carbocycles. The van der Waals surface area contributed by atoms with Gasteiger partial charge >= 0.3 is 0 Å². The normalized spacial score (nSPS) is 14.5. The fourth-order valence-electron chi connectivity index (χ4n) is 2.41. The fourth-order valence-corrected chi connectivity index (χ4v) is 2.41. The van der Waals surface area contributed by atoms with E-state index in [0.717, 1.165) is 25.9 Å². The monoisotopic (exact) mass is 255 g/mol. The SMILES string of the molecule is CCCC(C)(CNCC)Cc1cc(F)ccc1F. The van der Waals surface area contributed by atoms with E-state index >= 15 is 0 Å². The maximum Gasteiger partial charge on any atom is 0.126 e. The molecular weight excluding hydrogens is 232 g/mol. The Bertz CT molecular complexity index is 379. The molecule has 1 atom stereocenters. The lowest BCUT2D eigenvalue weighted by atomic mass is 9.79. The third-order valence-corrected chi connectivity index (χ3v) is 3.28. The quantitative estimate of drug-likeness (QED) is 0.778. The summed E-state index contributed by atoms with van der Waals surface area (Å²) in [5.74, 6) is -0.677. The van der Waals surface area contributed by atoms with Crippen molar-refractivity contribution in [3.8, 4) is 0 Å². The van der Waals surface area contributed by atoms with Gasteiger partial charge in [0.25, 0.3) is 0 Å². The number of rotatable bonds is 7. The Morgan fingerprint density at radius 3 is 2.56 bits per heavy atom. The first-order valence-corrected chi connectivity index (χ1v) is 6.65. The van der Waals surface area contributed by atoms with Crippen molar-refractivity contribution in [1.29, 1.82) is 0 Å². The average Bonchev–Trinajstić information content (AvgIpc) is 2.32. The van der Waals surface area contributed by atoms with Gasteiger partial charge in [-0.3, -0.25) is 0 Å². The summed E-state index contributed by atoms with van der Waals surface area (Å²) in [5, 5.41) is 3.31. The lowest BCUT2D eigenvalue weighted by Crippen LogP contribution is -2.34. The predicted octanol–water partition coefficient (Wildman–Crippen LogP) is 3.92. The molecule has 0 aliphatic rings. The lowest BCUT2D eigenvalue weighted by molar-refractivity contribution is 0.274. The maximum absolute atomic E-state index is 13.7. The van der Waals surface area contributed by atoms with Crippen LogP contribution in [0.3, 0.4) is 0 Å². The number of hydrogen-bond donors (Lipinski definition) is 1. The van der Waals surface area contributed by atoms with Gasteiger partial charge in [-0.1, -0.05) is 27.2 Å². The van der Waals surface area contributed by atoms with Crippen LogP contribution >= 0.6 is 0 Å². The largest absolute Gasteiger partial charge is 0.316 e. The first-order valence-electron chi connectivity index (χ1n) is 6.65. The Hall–Kier alpha value is -0.960. The molecule has 0 aliphatic heterocycles. The summed E-state index contributed by atoms with van der Waals surface area (Å²) < 4.78 is 26.9. The van der Waals surface area contributed by atoms with E-state index in [2.05, 4.69) is 26.1 Å². The van der Waals surface area contributed by atoms with E-state index < -0.39 is 0 Å². The third-order valence-electron chi connectivity index (χ3n) is 3.28. The predicted molar refractivity (Wildman–Crippen MR) is 71.6 cm³/mol. The van der Waals surface area contributed by atoms with Crippen molar-refractivity contribution >= 4 is 0 Å². The molecule has 1 aromatic rings. The molecule has 1 aromatic carbocycles. The highest BCUT2D eigenvalue weighted by molar-refractivity contribution is 5.20. The summed E-state index contributed by atoms with van der Waals surface area (Å²) in [6.45, 7) is 8.02. The molecule has 0 aromatic heterocycles. The van der Waals surface area contributed by atoms with E-state index in [1.807, 2.05) is 0 Å². The molecule has 0 fully saturated rings. The van der Waals surface area contributed by atoms with Crippen molar-refractivity contribution in [2.45, 2.75) is 40.0 Å². The standard InChI is InChI=1S/C15H23F2N/c1-4-8-15(3,11-18-5-2)10-12-9-13(16)6-7-14(12)17/h6-7,9,18H,4-5,8,10-11H2,1-3H3. The van der Waals surface area contributed by atoms with Crippen molar-refractivity contribution < 1.29 is 8.78 Å². The molecule has 0 saturated carbocycles. The van der Waals surface area contributed by atoms with Crippen LogP contribution in [0.2, 0.25) is 0 Å². The van der Waals surface area contributed by atoms with Crippen molar-refractivity contribution in [2.75, 3.05) is 13.1 Å². The first-order chi connectivity index (χ1) is 8.50. The molecule has 1 nitrogen and oxygen atoms in total. The average molecular weight is 255 g/mol. The Kier molecular flexibility index (Phi) is 5.73. The van der Waals surface area contributed by atoms with Crippen LogP contribution in [-0.2, 0) is 6.42 Å². The molecule has 0 heterocycles. The van der Waals surface area contributed by atoms with Gasteiger partial charge in [0.1, 0.15) is 11.6 Å². The molecule has 102 valence electrons. The van der Waals surface area contributed by atoms with Gasteiger partial charge in [0.2, 0.25) is 0 Å². The number of benzene rings is 1. The first kappa shape index (κ1) is 15.1. The van der Waals surface area contributed by atoms with Gasteiger partial charge in [-0.15, -0.1) is 0 Å². The third kappa shape index (κ3) is 4.37. The van der Waals surface area contributed by atoms with Gasteiger partial charge in [-0.05, 0) is 48.6 Å². The second kappa shape index (κ2) is 6.83. The topological polar surface area (TPSA) is 12.0 Å². The van der Waals surface area contributed by atoms with Gasteiger partial charge in [-0.25, -0.2) is 8.78 Å². The molecule has 0 amide bonds. The second-order valence-electron chi connectivity index (χ2n) is 5.25. The van der Waals surface area contributed by atoms with Gasteiger partial charge < -0.3 is 5.32 Å². The van der Waals surface area contributed by atoms with Crippen LogP contribution in [0.5, 0.6) is 0 Å². The number of halogens is 2. The number of hydrogen-bond acceptors (Lipinski definition) is 1. The maximum atomic E-state index is 13.7. The number of nitrogens with one attached hydrogen (secondary N) is 1. The van der Waals surface area contributed by atoms with Crippen LogP contribution in [-0.4, -0.2) is 13.1 Å². The minimum Gasteiger partial charge on any atom is -0.316 e. The van der Waals surface area contributed by atoms with E-state index in [0.29, 0.717) is 12.0 Å². The zero-order valence-corrected chi connectivity index (χ0v) is 11.5. The smallest absolute Gasteiger partial charge is 0.126 e.